The highest BCUT2D eigenvalue weighted by atomic mass is 35.5. The van der Waals surface area contributed by atoms with Crippen LogP contribution in [0.25, 0.3) is 0 Å². The van der Waals surface area contributed by atoms with Crippen LogP contribution >= 0.6 is 23.2 Å². The Bertz CT molecular complexity index is 379. The molecule has 1 atom stereocenters. The van der Waals surface area contributed by atoms with Crippen LogP contribution in [0.1, 0.15) is 20.3 Å². The summed E-state index contributed by atoms with van der Waals surface area (Å²) in [4.78, 5) is 20.8. The van der Waals surface area contributed by atoms with E-state index >= 15 is 0 Å². The average Bonchev–Trinajstić information content (AvgIpc) is 2.26. The van der Waals surface area contributed by atoms with Crippen LogP contribution in [-0.4, -0.2) is 5.97 Å². The van der Waals surface area contributed by atoms with Gasteiger partial charge in [-0.1, -0.05) is 37.0 Å². The van der Waals surface area contributed by atoms with Crippen LogP contribution in [0.4, 0.5) is 0 Å². The molecule has 0 aromatic heterocycles. The summed E-state index contributed by atoms with van der Waals surface area (Å²) in [6.07, 6.45) is 0.691. The first-order chi connectivity index (χ1) is 7.54. The van der Waals surface area contributed by atoms with Crippen molar-refractivity contribution in [3.05, 3.63) is 28.2 Å². The molecule has 5 heteroatoms. The first-order valence-corrected chi connectivity index (χ1v) is 5.63. The van der Waals surface area contributed by atoms with Crippen LogP contribution in [0.15, 0.2) is 18.2 Å². The summed E-state index contributed by atoms with van der Waals surface area (Å²) >= 11 is 11.5. The predicted octanol–water partition coefficient (Wildman–Crippen LogP) is 3.88. The van der Waals surface area contributed by atoms with E-state index in [0.29, 0.717) is 16.5 Å². The van der Waals surface area contributed by atoms with Crippen molar-refractivity contribution in [2.75, 3.05) is 0 Å². The smallest absolute Gasteiger partial charge is 0.285 e. The largest absolute Gasteiger partial charge is 0.358 e. The van der Waals surface area contributed by atoms with Gasteiger partial charge in [-0.3, -0.25) is 9.78 Å². The van der Waals surface area contributed by atoms with E-state index in [2.05, 4.69) is 4.89 Å². The Kier molecular flexibility index (Phi) is 4.90. The van der Waals surface area contributed by atoms with Gasteiger partial charge in [0.05, 0.1) is 10.9 Å². The first-order valence-electron chi connectivity index (χ1n) is 4.88. The maximum atomic E-state index is 11.3. The zero-order chi connectivity index (χ0) is 12.1. The molecule has 0 fully saturated rings. The highest BCUT2D eigenvalue weighted by Gasteiger charge is 2.14. The third-order valence-electron chi connectivity index (χ3n) is 2.12. The monoisotopic (exact) mass is 262 g/mol. The molecule has 0 heterocycles. The van der Waals surface area contributed by atoms with Crippen molar-refractivity contribution in [3.8, 4) is 5.75 Å². The lowest BCUT2D eigenvalue weighted by Crippen LogP contribution is -2.16. The second-order valence-electron chi connectivity index (χ2n) is 3.37. The number of hydrogen-bond donors (Lipinski definition) is 0. The molecular weight excluding hydrogens is 251 g/mol. The SMILES string of the molecule is CCC(C)C(=O)OOc1ccc(Cl)cc1Cl. The van der Waals surface area contributed by atoms with Crippen LogP contribution < -0.4 is 4.89 Å². The van der Waals surface area contributed by atoms with Gasteiger partial charge in [0.1, 0.15) is 0 Å². The van der Waals surface area contributed by atoms with Crippen molar-refractivity contribution >= 4 is 29.2 Å². The number of rotatable bonds is 4. The number of benzene rings is 1. The van der Waals surface area contributed by atoms with Crippen LogP contribution in [-0.2, 0) is 9.68 Å². The van der Waals surface area contributed by atoms with Crippen molar-refractivity contribution < 1.29 is 14.6 Å². The quantitative estimate of drug-likeness (QED) is 0.610. The molecule has 1 aromatic carbocycles. The summed E-state index contributed by atoms with van der Waals surface area (Å²) in [5.74, 6) is -0.359. The van der Waals surface area contributed by atoms with E-state index in [1.807, 2.05) is 6.92 Å². The van der Waals surface area contributed by atoms with Gasteiger partial charge in [-0.2, -0.15) is 0 Å². The Morgan fingerprint density at radius 3 is 2.69 bits per heavy atom. The second kappa shape index (κ2) is 5.97. The fourth-order valence-corrected chi connectivity index (χ4v) is 1.32. The summed E-state index contributed by atoms with van der Waals surface area (Å²) in [6.45, 7) is 3.65. The van der Waals surface area contributed by atoms with E-state index in [-0.39, 0.29) is 11.7 Å². The van der Waals surface area contributed by atoms with Crippen LogP contribution in [0, 0.1) is 5.92 Å². The fourth-order valence-electron chi connectivity index (χ4n) is 0.878. The molecule has 0 aliphatic heterocycles. The molecule has 1 aromatic rings. The minimum atomic E-state index is -0.423. The van der Waals surface area contributed by atoms with Gasteiger partial charge in [0.15, 0.2) is 5.75 Å². The minimum absolute atomic E-state index is 0.203. The Morgan fingerprint density at radius 1 is 1.44 bits per heavy atom. The van der Waals surface area contributed by atoms with Crippen LogP contribution in [0.5, 0.6) is 5.75 Å². The molecule has 88 valence electrons. The number of halogens is 2. The number of hydrogen-bond acceptors (Lipinski definition) is 3. The molecule has 0 bridgehead atoms. The standard InChI is InChI=1S/C11H12Cl2O3/c1-3-7(2)11(14)16-15-10-5-4-8(12)6-9(10)13/h4-7H,3H2,1-2H3. The molecule has 0 saturated heterocycles. The van der Waals surface area contributed by atoms with E-state index in [1.165, 1.54) is 12.1 Å². The minimum Gasteiger partial charge on any atom is -0.285 e. The first kappa shape index (κ1) is 13.1. The molecule has 0 spiro atoms. The van der Waals surface area contributed by atoms with Crippen molar-refractivity contribution in [1.29, 1.82) is 0 Å². The molecular formula is C11H12Cl2O3. The van der Waals surface area contributed by atoms with Crippen molar-refractivity contribution in [2.45, 2.75) is 20.3 Å². The van der Waals surface area contributed by atoms with E-state index in [4.69, 9.17) is 28.1 Å². The van der Waals surface area contributed by atoms with Crippen molar-refractivity contribution in [2.24, 2.45) is 5.92 Å². The predicted molar refractivity (Wildman–Crippen MR) is 62.6 cm³/mol. The topological polar surface area (TPSA) is 35.5 Å². The number of carbonyl (C=O) groups excluding carboxylic acids is 1. The summed E-state index contributed by atoms with van der Waals surface area (Å²) in [5, 5.41) is 0.787. The second-order valence-corrected chi connectivity index (χ2v) is 4.21. The maximum absolute atomic E-state index is 11.3. The molecule has 0 amide bonds. The molecule has 0 N–H and O–H groups in total. The van der Waals surface area contributed by atoms with E-state index in [0.717, 1.165) is 0 Å². The lowest BCUT2D eigenvalue weighted by molar-refractivity contribution is -0.218. The van der Waals surface area contributed by atoms with E-state index in [9.17, 15) is 4.79 Å². The Balaban J connectivity index is 2.58. The molecule has 3 nitrogen and oxygen atoms in total. The lowest BCUT2D eigenvalue weighted by Gasteiger charge is -2.09. The van der Waals surface area contributed by atoms with Gasteiger partial charge < -0.3 is 0 Å². The molecule has 1 rings (SSSR count). The molecule has 0 aliphatic rings. The molecule has 16 heavy (non-hydrogen) atoms. The van der Waals surface area contributed by atoms with Crippen molar-refractivity contribution in [1.82, 2.24) is 0 Å². The summed E-state index contributed by atoms with van der Waals surface area (Å²) in [5.41, 5.74) is 0. The maximum Gasteiger partial charge on any atom is 0.358 e. The third-order valence-corrected chi connectivity index (χ3v) is 2.65. The van der Waals surface area contributed by atoms with Crippen molar-refractivity contribution in [3.63, 3.8) is 0 Å². The van der Waals surface area contributed by atoms with Gasteiger partial charge in [0.25, 0.3) is 0 Å². The zero-order valence-electron chi connectivity index (χ0n) is 9.00. The van der Waals surface area contributed by atoms with E-state index in [1.54, 1.807) is 13.0 Å². The molecule has 0 aliphatic carbocycles. The third kappa shape index (κ3) is 3.58. The summed E-state index contributed by atoms with van der Waals surface area (Å²) < 4.78 is 0. The zero-order valence-corrected chi connectivity index (χ0v) is 10.5. The highest BCUT2D eigenvalue weighted by Crippen LogP contribution is 2.27. The Hall–Kier alpha value is -0.930. The van der Waals surface area contributed by atoms with Gasteiger partial charge >= 0.3 is 5.97 Å². The molecule has 0 radical (unpaired) electrons. The van der Waals surface area contributed by atoms with Gasteiger partial charge in [0.2, 0.25) is 0 Å². The lowest BCUT2D eigenvalue weighted by atomic mass is 10.1. The number of carbonyl (C=O) groups is 1. The van der Waals surface area contributed by atoms with Crippen LogP contribution in [0.2, 0.25) is 10.0 Å². The highest BCUT2D eigenvalue weighted by molar-refractivity contribution is 6.35. The van der Waals surface area contributed by atoms with Gasteiger partial charge in [0, 0.05) is 5.02 Å². The molecule has 1 unspecified atom stereocenters. The van der Waals surface area contributed by atoms with Crippen LogP contribution in [0.3, 0.4) is 0 Å². The average molecular weight is 263 g/mol. The van der Waals surface area contributed by atoms with Gasteiger partial charge in [-0.25, -0.2) is 4.79 Å². The van der Waals surface area contributed by atoms with E-state index < -0.39 is 5.97 Å². The normalized spacial score (nSPS) is 12.0. The fraction of sp³-hybridized carbons (Fsp3) is 0.364. The molecule has 0 saturated carbocycles. The summed E-state index contributed by atoms with van der Waals surface area (Å²) in [7, 11) is 0. The Labute approximate surface area is 104 Å². The summed E-state index contributed by atoms with van der Waals surface area (Å²) in [6, 6.07) is 4.64. The van der Waals surface area contributed by atoms with Gasteiger partial charge in [-0.15, -0.1) is 0 Å². The Morgan fingerprint density at radius 2 is 2.12 bits per heavy atom. The van der Waals surface area contributed by atoms with Gasteiger partial charge in [-0.05, 0) is 24.6 Å².